The first-order valence-electron chi connectivity index (χ1n) is 8.36. The van der Waals surface area contributed by atoms with E-state index in [1.165, 1.54) is 45.3 Å². The molecule has 1 N–H and O–H groups in total. The average Bonchev–Trinajstić information content (AvgIpc) is 2.79. The topological polar surface area (TPSA) is 15.3 Å². The maximum Gasteiger partial charge on any atom is 0.0195 e. The third kappa shape index (κ3) is 2.34. The van der Waals surface area contributed by atoms with Gasteiger partial charge >= 0.3 is 0 Å². The molecule has 1 saturated heterocycles. The lowest BCUT2D eigenvalue weighted by molar-refractivity contribution is 0.170. The van der Waals surface area contributed by atoms with Crippen LogP contribution in [0.2, 0.25) is 0 Å². The minimum absolute atomic E-state index is 0.809. The van der Waals surface area contributed by atoms with Gasteiger partial charge in [0.15, 0.2) is 0 Å². The number of hydrogen-bond donors (Lipinski definition) is 1. The predicted molar refractivity (Wildman–Crippen MR) is 74.6 cm³/mol. The van der Waals surface area contributed by atoms with E-state index in [4.69, 9.17) is 0 Å². The molecule has 4 rings (SSSR count). The lowest BCUT2D eigenvalue weighted by atomic mass is 9.88. The molecule has 2 bridgehead atoms. The maximum absolute atomic E-state index is 3.69. The molecular weight excluding hydrogens is 220 g/mol. The zero-order valence-electron chi connectivity index (χ0n) is 11.6. The lowest BCUT2D eigenvalue weighted by Crippen LogP contribution is -2.42. The summed E-state index contributed by atoms with van der Waals surface area (Å²) >= 11 is 0. The fourth-order valence-corrected chi connectivity index (χ4v) is 4.91. The van der Waals surface area contributed by atoms with Gasteiger partial charge in [0, 0.05) is 25.2 Å². The van der Waals surface area contributed by atoms with E-state index in [-0.39, 0.29) is 0 Å². The highest BCUT2D eigenvalue weighted by atomic mass is 15.2. The van der Waals surface area contributed by atoms with Gasteiger partial charge in [-0.15, -0.1) is 0 Å². The highest BCUT2D eigenvalue weighted by Crippen LogP contribution is 2.49. The molecule has 1 heterocycles. The summed E-state index contributed by atoms with van der Waals surface area (Å²) in [5, 5.41) is 3.69. The van der Waals surface area contributed by atoms with Gasteiger partial charge in [0.2, 0.25) is 0 Å². The standard InChI is InChI=1S/C16H28N2/c1-2-15(17-7-1)11-18(16-5-6-16)10-14-9-12-3-4-13(14)8-12/h12-17H,1-11H2. The van der Waals surface area contributed by atoms with Crippen LogP contribution in [-0.4, -0.2) is 36.6 Å². The van der Waals surface area contributed by atoms with Gasteiger partial charge in [-0.25, -0.2) is 0 Å². The SMILES string of the molecule is C1CNC(CN(CC2CC3CCC2C3)C2CC2)C1. The molecule has 0 spiro atoms. The molecule has 102 valence electrons. The Hall–Kier alpha value is -0.0800. The molecule has 3 aliphatic carbocycles. The number of rotatable bonds is 5. The second-order valence-corrected chi connectivity index (χ2v) is 7.41. The van der Waals surface area contributed by atoms with E-state index in [1.807, 2.05) is 0 Å². The second kappa shape index (κ2) is 4.79. The Morgan fingerprint density at radius 3 is 2.50 bits per heavy atom. The van der Waals surface area contributed by atoms with E-state index >= 15 is 0 Å². The van der Waals surface area contributed by atoms with Crippen LogP contribution < -0.4 is 5.32 Å². The molecule has 0 radical (unpaired) electrons. The fourth-order valence-electron chi connectivity index (χ4n) is 4.91. The van der Waals surface area contributed by atoms with Crippen LogP contribution in [0.3, 0.4) is 0 Å². The Labute approximate surface area is 111 Å². The third-order valence-corrected chi connectivity index (χ3v) is 6.03. The highest BCUT2D eigenvalue weighted by Gasteiger charge is 2.42. The normalized spacial score (nSPS) is 43.2. The van der Waals surface area contributed by atoms with Gasteiger partial charge < -0.3 is 5.32 Å². The molecule has 0 aromatic carbocycles. The molecule has 0 aromatic rings. The molecule has 18 heavy (non-hydrogen) atoms. The van der Waals surface area contributed by atoms with Crippen LogP contribution in [0, 0.1) is 17.8 Å². The van der Waals surface area contributed by atoms with Gasteiger partial charge in [-0.05, 0) is 69.2 Å². The number of fused-ring (bicyclic) bond motifs is 2. The Bertz CT molecular complexity index is 293. The molecule has 2 nitrogen and oxygen atoms in total. The van der Waals surface area contributed by atoms with Crippen molar-refractivity contribution in [2.45, 2.75) is 63.5 Å². The second-order valence-electron chi connectivity index (χ2n) is 7.41. The van der Waals surface area contributed by atoms with Gasteiger partial charge in [-0.2, -0.15) is 0 Å². The van der Waals surface area contributed by atoms with E-state index in [1.54, 1.807) is 25.7 Å². The quantitative estimate of drug-likeness (QED) is 0.804. The zero-order valence-corrected chi connectivity index (χ0v) is 11.6. The Morgan fingerprint density at radius 1 is 0.944 bits per heavy atom. The molecule has 3 saturated carbocycles. The summed E-state index contributed by atoms with van der Waals surface area (Å²) in [6, 6.07) is 1.77. The Kier molecular flexibility index (Phi) is 3.12. The average molecular weight is 248 g/mol. The van der Waals surface area contributed by atoms with Crippen molar-refractivity contribution in [1.82, 2.24) is 10.2 Å². The first kappa shape index (κ1) is 11.7. The summed E-state index contributed by atoms with van der Waals surface area (Å²) in [6.07, 6.45) is 12.0. The Morgan fingerprint density at radius 2 is 1.89 bits per heavy atom. The van der Waals surface area contributed by atoms with E-state index in [9.17, 15) is 0 Å². The van der Waals surface area contributed by atoms with E-state index in [0.29, 0.717) is 0 Å². The summed E-state index contributed by atoms with van der Waals surface area (Å²) < 4.78 is 0. The fraction of sp³-hybridized carbons (Fsp3) is 1.00. The first-order valence-corrected chi connectivity index (χ1v) is 8.36. The van der Waals surface area contributed by atoms with Crippen molar-refractivity contribution in [2.24, 2.45) is 17.8 Å². The van der Waals surface area contributed by atoms with Crippen LogP contribution in [0.25, 0.3) is 0 Å². The smallest absolute Gasteiger partial charge is 0.0195 e. The number of hydrogen-bond acceptors (Lipinski definition) is 2. The summed E-state index contributed by atoms with van der Waals surface area (Å²) in [7, 11) is 0. The van der Waals surface area contributed by atoms with Crippen LogP contribution in [-0.2, 0) is 0 Å². The van der Waals surface area contributed by atoms with Crippen LogP contribution in [0.5, 0.6) is 0 Å². The van der Waals surface area contributed by atoms with Crippen molar-refractivity contribution in [1.29, 1.82) is 0 Å². The lowest BCUT2D eigenvalue weighted by Gasteiger charge is -2.31. The predicted octanol–water partition coefficient (Wildman–Crippen LogP) is 2.64. The van der Waals surface area contributed by atoms with Gasteiger partial charge in [0.05, 0.1) is 0 Å². The minimum Gasteiger partial charge on any atom is -0.313 e. The van der Waals surface area contributed by atoms with Gasteiger partial charge in [0.25, 0.3) is 0 Å². The van der Waals surface area contributed by atoms with E-state index in [2.05, 4.69) is 10.2 Å². The van der Waals surface area contributed by atoms with Crippen molar-refractivity contribution in [3.8, 4) is 0 Å². The zero-order chi connectivity index (χ0) is 11.9. The van der Waals surface area contributed by atoms with Crippen LogP contribution >= 0.6 is 0 Å². The summed E-state index contributed by atoms with van der Waals surface area (Å²) in [6.45, 7) is 4.04. The van der Waals surface area contributed by atoms with Crippen molar-refractivity contribution < 1.29 is 0 Å². The molecule has 2 heteroatoms. The number of nitrogens with one attached hydrogen (secondary N) is 1. The summed E-state index contributed by atoms with van der Waals surface area (Å²) in [4.78, 5) is 2.87. The highest BCUT2D eigenvalue weighted by molar-refractivity contribution is 4.95. The van der Waals surface area contributed by atoms with E-state index < -0.39 is 0 Å². The summed E-state index contributed by atoms with van der Waals surface area (Å²) in [5.41, 5.74) is 0. The van der Waals surface area contributed by atoms with Crippen molar-refractivity contribution in [3.63, 3.8) is 0 Å². The van der Waals surface area contributed by atoms with Gasteiger partial charge in [-0.3, -0.25) is 4.90 Å². The number of nitrogens with zero attached hydrogens (tertiary/aromatic N) is 1. The molecule has 1 aliphatic heterocycles. The van der Waals surface area contributed by atoms with Crippen molar-refractivity contribution >= 4 is 0 Å². The molecule has 4 unspecified atom stereocenters. The largest absolute Gasteiger partial charge is 0.313 e. The van der Waals surface area contributed by atoms with Crippen LogP contribution in [0.15, 0.2) is 0 Å². The van der Waals surface area contributed by atoms with E-state index in [0.717, 1.165) is 29.8 Å². The molecule has 4 aliphatic rings. The molecule has 0 amide bonds. The first-order chi connectivity index (χ1) is 8.88. The minimum atomic E-state index is 0.809. The molecule has 4 atom stereocenters. The maximum atomic E-state index is 3.69. The molecule has 4 fully saturated rings. The third-order valence-electron chi connectivity index (χ3n) is 6.03. The molecule has 0 aromatic heterocycles. The van der Waals surface area contributed by atoms with Gasteiger partial charge in [-0.1, -0.05) is 6.42 Å². The monoisotopic (exact) mass is 248 g/mol. The Balaban J connectivity index is 1.34. The van der Waals surface area contributed by atoms with Crippen LogP contribution in [0.1, 0.15) is 51.4 Å². The summed E-state index contributed by atoms with van der Waals surface area (Å²) in [5.74, 6) is 3.28. The molecular formula is C16H28N2. The van der Waals surface area contributed by atoms with Crippen LogP contribution in [0.4, 0.5) is 0 Å². The van der Waals surface area contributed by atoms with Crippen molar-refractivity contribution in [2.75, 3.05) is 19.6 Å². The van der Waals surface area contributed by atoms with Gasteiger partial charge in [0.1, 0.15) is 0 Å². The van der Waals surface area contributed by atoms with Crippen molar-refractivity contribution in [3.05, 3.63) is 0 Å².